The molecule has 0 amide bonds. The van der Waals surface area contributed by atoms with Gasteiger partial charge in [0.05, 0.1) is 9.79 Å². The van der Waals surface area contributed by atoms with Gasteiger partial charge in [0.25, 0.3) is 0 Å². The Morgan fingerprint density at radius 1 is 1.05 bits per heavy atom. The summed E-state index contributed by atoms with van der Waals surface area (Å²) in [6, 6.07) is 9.20. The van der Waals surface area contributed by atoms with E-state index in [0.717, 1.165) is 11.1 Å². The van der Waals surface area contributed by atoms with Crippen LogP contribution in [-0.2, 0) is 26.4 Å². The lowest BCUT2D eigenvalue weighted by Gasteiger charge is -2.20. The van der Waals surface area contributed by atoms with E-state index in [4.69, 9.17) is 0 Å². The van der Waals surface area contributed by atoms with Crippen molar-refractivity contribution < 1.29 is 16.8 Å². The molecule has 0 bridgehead atoms. The molecule has 2 aromatic rings. The Kier molecular flexibility index (Phi) is 5.06. The standard InChI is InChI=1S/C14H17NO4S3/c1-3-15(11-12-6-5-9-20-12)22(18,19)14-8-4-7-13(10-14)21(2,16)17/h4-10H,3,11H2,1-2H3. The summed E-state index contributed by atoms with van der Waals surface area (Å²) in [5.41, 5.74) is 0. The first-order chi connectivity index (χ1) is 10.2. The van der Waals surface area contributed by atoms with Crippen molar-refractivity contribution >= 4 is 31.2 Å². The molecule has 0 fully saturated rings. The molecule has 5 nitrogen and oxygen atoms in total. The zero-order chi connectivity index (χ0) is 16.4. The van der Waals surface area contributed by atoms with Gasteiger partial charge in [-0.25, -0.2) is 16.8 Å². The number of hydrogen-bond acceptors (Lipinski definition) is 5. The van der Waals surface area contributed by atoms with Gasteiger partial charge in [-0.3, -0.25) is 0 Å². The highest BCUT2D eigenvalue weighted by atomic mass is 32.2. The van der Waals surface area contributed by atoms with E-state index in [0.29, 0.717) is 6.54 Å². The van der Waals surface area contributed by atoms with Crippen LogP contribution in [0.4, 0.5) is 0 Å². The van der Waals surface area contributed by atoms with E-state index < -0.39 is 19.9 Å². The van der Waals surface area contributed by atoms with Crippen LogP contribution in [0.3, 0.4) is 0 Å². The summed E-state index contributed by atoms with van der Waals surface area (Å²) in [4.78, 5) is 0.930. The van der Waals surface area contributed by atoms with E-state index in [1.54, 1.807) is 6.92 Å². The minimum atomic E-state index is -3.73. The average Bonchev–Trinajstić information content (AvgIpc) is 2.97. The third-order valence-electron chi connectivity index (χ3n) is 3.14. The maximum Gasteiger partial charge on any atom is 0.243 e. The topological polar surface area (TPSA) is 71.5 Å². The van der Waals surface area contributed by atoms with E-state index in [1.807, 2.05) is 17.5 Å². The summed E-state index contributed by atoms with van der Waals surface area (Å²) < 4.78 is 49.9. The lowest BCUT2D eigenvalue weighted by Crippen LogP contribution is -2.30. The fraction of sp³-hybridized carbons (Fsp3) is 0.286. The molecule has 2 rings (SSSR count). The predicted octanol–water partition coefficient (Wildman–Crippen LogP) is 2.36. The number of thiophene rings is 1. The van der Waals surface area contributed by atoms with E-state index in [2.05, 4.69) is 0 Å². The molecule has 0 spiro atoms. The van der Waals surface area contributed by atoms with Crippen molar-refractivity contribution in [3.05, 3.63) is 46.7 Å². The number of rotatable bonds is 6. The normalized spacial score (nSPS) is 12.7. The third-order valence-corrected chi connectivity index (χ3v) is 7.02. The van der Waals surface area contributed by atoms with Gasteiger partial charge in [0.15, 0.2) is 9.84 Å². The number of sulfonamides is 1. The lowest BCUT2D eigenvalue weighted by molar-refractivity contribution is 0.426. The van der Waals surface area contributed by atoms with Crippen molar-refractivity contribution in [2.75, 3.05) is 12.8 Å². The summed E-state index contributed by atoms with van der Waals surface area (Å²) in [5.74, 6) is 0. The maximum absolute atomic E-state index is 12.7. The number of sulfone groups is 1. The van der Waals surface area contributed by atoms with Crippen LogP contribution in [0.2, 0.25) is 0 Å². The molecule has 0 saturated heterocycles. The summed E-state index contributed by atoms with van der Waals surface area (Å²) in [5, 5.41) is 1.89. The number of benzene rings is 1. The molecular weight excluding hydrogens is 342 g/mol. The highest BCUT2D eigenvalue weighted by Gasteiger charge is 2.24. The van der Waals surface area contributed by atoms with Crippen LogP contribution in [0, 0.1) is 0 Å². The second-order valence-corrected chi connectivity index (χ2v) is 9.74. The quantitative estimate of drug-likeness (QED) is 0.794. The van der Waals surface area contributed by atoms with Crippen LogP contribution in [-0.4, -0.2) is 33.9 Å². The SMILES string of the molecule is CCN(Cc1cccs1)S(=O)(=O)c1cccc(S(C)(=O)=O)c1. The van der Waals surface area contributed by atoms with E-state index in [9.17, 15) is 16.8 Å². The fourth-order valence-electron chi connectivity index (χ4n) is 1.96. The molecule has 0 saturated carbocycles. The first kappa shape index (κ1) is 17.1. The smallest absolute Gasteiger partial charge is 0.224 e. The molecule has 1 aromatic heterocycles. The first-order valence-electron chi connectivity index (χ1n) is 6.58. The first-order valence-corrected chi connectivity index (χ1v) is 10.8. The van der Waals surface area contributed by atoms with Crippen molar-refractivity contribution in [2.24, 2.45) is 0 Å². The molecular formula is C14H17NO4S3. The van der Waals surface area contributed by atoms with Crippen LogP contribution in [0.15, 0.2) is 51.6 Å². The van der Waals surface area contributed by atoms with Gasteiger partial charge in [-0.1, -0.05) is 19.1 Å². The lowest BCUT2D eigenvalue weighted by atomic mass is 10.4. The van der Waals surface area contributed by atoms with Gasteiger partial charge in [0.2, 0.25) is 10.0 Å². The Bertz CT molecular complexity index is 840. The molecule has 8 heteroatoms. The van der Waals surface area contributed by atoms with E-state index in [1.165, 1.54) is 39.9 Å². The average molecular weight is 359 g/mol. The zero-order valence-electron chi connectivity index (χ0n) is 12.3. The van der Waals surface area contributed by atoms with Crippen molar-refractivity contribution in [1.82, 2.24) is 4.31 Å². The molecule has 0 aliphatic carbocycles. The van der Waals surface area contributed by atoms with Crippen molar-refractivity contribution in [3.8, 4) is 0 Å². The Hall–Kier alpha value is -1.22. The summed E-state index contributed by atoms with van der Waals surface area (Å²) in [6.45, 7) is 2.34. The van der Waals surface area contributed by atoms with Crippen LogP contribution < -0.4 is 0 Å². The predicted molar refractivity (Wildman–Crippen MR) is 87.1 cm³/mol. The van der Waals surface area contributed by atoms with Gasteiger partial charge in [-0.15, -0.1) is 11.3 Å². The zero-order valence-corrected chi connectivity index (χ0v) is 14.7. The van der Waals surface area contributed by atoms with Crippen LogP contribution in [0.25, 0.3) is 0 Å². The Morgan fingerprint density at radius 3 is 2.27 bits per heavy atom. The highest BCUT2D eigenvalue weighted by Crippen LogP contribution is 2.22. The minimum absolute atomic E-state index is 0.000696. The molecule has 0 N–H and O–H groups in total. The molecule has 120 valence electrons. The van der Waals surface area contributed by atoms with Gasteiger partial charge in [0, 0.05) is 24.2 Å². The molecule has 1 aromatic carbocycles. The molecule has 0 aliphatic heterocycles. The van der Waals surface area contributed by atoms with Crippen molar-refractivity contribution in [2.45, 2.75) is 23.3 Å². The van der Waals surface area contributed by atoms with Crippen molar-refractivity contribution in [3.63, 3.8) is 0 Å². The van der Waals surface area contributed by atoms with Gasteiger partial charge in [-0.05, 0) is 29.6 Å². The van der Waals surface area contributed by atoms with Gasteiger partial charge < -0.3 is 0 Å². The van der Waals surface area contributed by atoms with Crippen LogP contribution >= 0.6 is 11.3 Å². The number of hydrogen-bond donors (Lipinski definition) is 0. The van der Waals surface area contributed by atoms with Crippen molar-refractivity contribution in [1.29, 1.82) is 0 Å². The highest BCUT2D eigenvalue weighted by molar-refractivity contribution is 7.91. The van der Waals surface area contributed by atoms with Crippen LogP contribution in [0.5, 0.6) is 0 Å². The van der Waals surface area contributed by atoms with E-state index >= 15 is 0 Å². The molecule has 0 aliphatic rings. The Labute approximate surface area is 135 Å². The Morgan fingerprint density at radius 2 is 1.73 bits per heavy atom. The van der Waals surface area contributed by atoms with Gasteiger partial charge in [-0.2, -0.15) is 4.31 Å². The summed E-state index contributed by atoms with van der Waals surface area (Å²) in [6.07, 6.45) is 1.06. The second-order valence-electron chi connectivity index (χ2n) is 4.76. The molecule has 0 atom stereocenters. The molecule has 0 unspecified atom stereocenters. The fourth-order valence-corrected chi connectivity index (χ4v) is 4.97. The van der Waals surface area contributed by atoms with Crippen LogP contribution in [0.1, 0.15) is 11.8 Å². The summed E-state index contributed by atoms with van der Waals surface area (Å²) >= 11 is 1.48. The van der Waals surface area contributed by atoms with Gasteiger partial charge in [0.1, 0.15) is 0 Å². The Balaban J connectivity index is 2.40. The monoisotopic (exact) mass is 359 g/mol. The molecule has 22 heavy (non-hydrogen) atoms. The minimum Gasteiger partial charge on any atom is -0.224 e. The van der Waals surface area contributed by atoms with E-state index in [-0.39, 0.29) is 16.3 Å². The summed E-state index contributed by atoms with van der Waals surface area (Å²) in [7, 11) is -7.18. The molecule has 1 heterocycles. The maximum atomic E-state index is 12.7. The second kappa shape index (κ2) is 6.49. The third kappa shape index (κ3) is 3.75. The van der Waals surface area contributed by atoms with Gasteiger partial charge >= 0.3 is 0 Å². The largest absolute Gasteiger partial charge is 0.243 e. The molecule has 0 radical (unpaired) electrons. The number of nitrogens with zero attached hydrogens (tertiary/aromatic N) is 1.